The highest BCUT2D eigenvalue weighted by Crippen LogP contribution is 2.29. The van der Waals surface area contributed by atoms with Crippen molar-refractivity contribution >= 4 is 34.9 Å². The first-order valence-electron chi connectivity index (χ1n) is 12.4. The molecule has 0 aliphatic carbocycles. The molecule has 0 radical (unpaired) electrons. The van der Waals surface area contributed by atoms with Gasteiger partial charge < -0.3 is 15.0 Å². The summed E-state index contributed by atoms with van der Waals surface area (Å²) in [5.41, 5.74) is 2.88. The van der Waals surface area contributed by atoms with Gasteiger partial charge in [-0.2, -0.15) is 0 Å². The number of anilines is 1. The minimum atomic E-state index is -0.604. The van der Waals surface area contributed by atoms with Gasteiger partial charge in [-0.05, 0) is 36.4 Å². The molecule has 0 unspecified atom stereocenters. The molecule has 39 heavy (non-hydrogen) atoms. The fraction of sp³-hybridized carbons (Fsp3) is 0.276. The zero-order valence-corrected chi connectivity index (χ0v) is 22.9. The van der Waals surface area contributed by atoms with Gasteiger partial charge in [0, 0.05) is 51.8 Å². The highest BCUT2D eigenvalue weighted by molar-refractivity contribution is 6.43. The van der Waals surface area contributed by atoms with Crippen molar-refractivity contribution in [2.75, 3.05) is 39.5 Å². The van der Waals surface area contributed by atoms with Gasteiger partial charge in [0.2, 0.25) is 5.91 Å². The van der Waals surface area contributed by atoms with E-state index in [0.29, 0.717) is 45.5 Å². The average molecular weight is 548 g/mol. The maximum Gasteiger partial charge on any atom is 0.294 e. The zero-order valence-electron chi connectivity index (χ0n) is 22.1. The molecule has 0 spiro atoms. The number of carbonyl (C=O) groups is 3. The molecule has 202 valence electrons. The first-order valence-corrected chi connectivity index (χ1v) is 12.8. The second kappa shape index (κ2) is 12.2. The van der Waals surface area contributed by atoms with Crippen molar-refractivity contribution in [3.63, 3.8) is 0 Å². The molecule has 9 nitrogen and oxygen atoms in total. The maximum absolute atomic E-state index is 12.7. The van der Waals surface area contributed by atoms with Crippen LogP contribution >= 0.6 is 11.6 Å². The largest absolute Gasteiger partial charge is 0.486 e. The number of halogens is 1. The smallest absolute Gasteiger partial charge is 0.294 e. The Bertz CT molecular complexity index is 1420. The number of carbonyl (C=O) groups excluding carboxylic acids is 3. The van der Waals surface area contributed by atoms with Crippen LogP contribution in [0, 0.1) is 0 Å². The average Bonchev–Trinajstić information content (AvgIpc) is 2.90. The van der Waals surface area contributed by atoms with Crippen molar-refractivity contribution in [3.8, 4) is 5.75 Å². The summed E-state index contributed by atoms with van der Waals surface area (Å²) >= 11 is 6.43. The number of amides is 2. The lowest BCUT2D eigenvalue weighted by Gasteiger charge is -2.36. The third kappa shape index (κ3) is 6.87. The van der Waals surface area contributed by atoms with Crippen LogP contribution in [0.1, 0.15) is 33.0 Å². The summed E-state index contributed by atoms with van der Waals surface area (Å²) in [6.07, 6.45) is 3.41. The minimum absolute atomic E-state index is 0.0603. The number of aromatic nitrogens is 2. The summed E-state index contributed by atoms with van der Waals surface area (Å²) in [7, 11) is 5.09. The third-order valence-electron chi connectivity index (χ3n) is 6.26. The van der Waals surface area contributed by atoms with Gasteiger partial charge in [0.1, 0.15) is 17.7 Å². The van der Waals surface area contributed by atoms with Gasteiger partial charge >= 0.3 is 0 Å². The predicted molar refractivity (Wildman–Crippen MR) is 149 cm³/mol. The number of nitrogens with one attached hydrogen (secondary N) is 1. The topological polar surface area (TPSA) is 105 Å². The predicted octanol–water partition coefficient (Wildman–Crippen LogP) is 3.40. The number of nitrogens with zero attached hydrogens (tertiary/aromatic N) is 4. The normalized spacial score (nSPS) is 13.3. The molecular weight excluding hydrogens is 518 g/mol. The SMILES string of the molecule is C=CC(=O)Nc1cc(Cc2ncc(Cl)c(Cc3ccccc3C(=O)C(=O)N(C)C)n2)ccc1OC1CN(C)C1. The first kappa shape index (κ1) is 27.9. The lowest BCUT2D eigenvalue weighted by atomic mass is 9.99. The van der Waals surface area contributed by atoms with Gasteiger partial charge in [0.25, 0.3) is 11.7 Å². The number of likely N-dealkylation sites (N-methyl/N-ethyl adjacent to an activating group) is 2. The molecule has 1 aliphatic rings. The van der Waals surface area contributed by atoms with E-state index in [2.05, 4.69) is 26.8 Å². The number of benzene rings is 2. The lowest BCUT2D eigenvalue weighted by Crippen LogP contribution is -2.51. The Labute approximate surface area is 232 Å². The van der Waals surface area contributed by atoms with E-state index >= 15 is 0 Å². The van der Waals surface area contributed by atoms with Crippen LogP contribution in [0.2, 0.25) is 5.02 Å². The van der Waals surface area contributed by atoms with Crippen LogP contribution in [0.15, 0.2) is 61.3 Å². The van der Waals surface area contributed by atoms with Crippen molar-refractivity contribution in [2.24, 2.45) is 0 Å². The Morgan fingerprint density at radius 1 is 1.18 bits per heavy atom. The van der Waals surface area contributed by atoms with Gasteiger partial charge in [-0.15, -0.1) is 0 Å². The van der Waals surface area contributed by atoms with Crippen LogP contribution in [0.25, 0.3) is 0 Å². The van der Waals surface area contributed by atoms with Gasteiger partial charge in [-0.3, -0.25) is 19.3 Å². The van der Waals surface area contributed by atoms with E-state index in [1.165, 1.54) is 31.3 Å². The Kier molecular flexibility index (Phi) is 8.73. The molecule has 0 bridgehead atoms. The monoisotopic (exact) mass is 547 g/mol. The molecule has 2 amide bonds. The van der Waals surface area contributed by atoms with Crippen LogP contribution in [-0.4, -0.2) is 77.7 Å². The summed E-state index contributed by atoms with van der Waals surface area (Å²) in [6, 6.07) is 12.5. The van der Waals surface area contributed by atoms with Gasteiger partial charge in [-0.1, -0.05) is 48.5 Å². The van der Waals surface area contributed by atoms with Gasteiger partial charge in [-0.25, -0.2) is 9.97 Å². The molecule has 3 aromatic rings. The maximum atomic E-state index is 12.7. The summed E-state index contributed by atoms with van der Waals surface area (Å²) in [4.78, 5) is 49.5. The summed E-state index contributed by atoms with van der Waals surface area (Å²) in [5.74, 6) is -0.441. The number of likely N-dealkylation sites (tertiary alicyclic amines) is 1. The number of Topliss-reactive ketones (excluding diaryl/α,β-unsaturated/α-hetero) is 1. The molecular formula is C29H30ClN5O4. The molecule has 1 aliphatic heterocycles. The molecule has 10 heteroatoms. The van der Waals surface area contributed by atoms with E-state index in [9.17, 15) is 14.4 Å². The molecule has 1 N–H and O–H groups in total. The summed E-state index contributed by atoms with van der Waals surface area (Å²) < 4.78 is 6.07. The molecule has 4 rings (SSSR count). The van der Waals surface area contributed by atoms with E-state index in [1.54, 1.807) is 24.3 Å². The second-order valence-corrected chi connectivity index (χ2v) is 10.0. The minimum Gasteiger partial charge on any atom is -0.486 e. The van der Waals surface area contributed by atoms with Crippen LogP contribution in [0.3, 0.4) is 0 Å². The fourth-order valence-corrected chi connectivity index (χ4v) is 4.36. The standard InChI is InChI=1S/C29H30ClN5O4/c1-5-27(36)33-24-12-18(10-11-25(24)39-20-16-35(4)17-20)13-26-31-15-22(30)23(32-26)14-19-8-6-7-9-21(19)28(37)29(38)34(2)3/h5-12,15,20H,1,13-14,16-17H2,2-4H3,(H,33,36). The van der Waals surface area contributed by atoms with E-state index in [1.807, 2.05) is 25.2 Å². The first-order chi connectivity index (χ1) is 18.6. The number of hydrogen-bond acceptors (Lipinski definition) is 7. The van der Waals surface area contributed by atoms with Crippen molar-refractivity contribution in [1.29, 1.82) is 0 Å². The van der Waals surface area contributed by atoms with E-state index in [-0.39, 0.29) is 18.4 Å². The van der Waals surface area contributed by atoms with Crippen molar-refractivity contribution in [1.82, 2.24) is 19.8 Å². The molecule has 0 atom stereocenters. The number of rotatable bonds is 10. The Hall–Kier alpha value is -4.08. The number of hydrogen-bond donors (Lipinski definition) is 1. The number of ether oxygens (including phenoxy) is 1. The van der Waals surface area contributed by atoms with Crippen molar-refractivity contribution in [2.45, 2.75) is 18.9 Å². The van der Waals surface area contributed by atoms with Gasteiger partial charge in [0.05, 0.1) is 16.4 Å². The highest BCUT2D eigenvalue weighted by atomic mass is 35.5. The molecule has 1 aromatic heterocycles. The molecule has 2 aromatic carbocycles. The summed E-state index contributed by atoms with van der Waals surface area (Å²) in [5, 5.41) is 3.17. The van der Waals surface area contributed by atoms with Crippen molar-refractivity contribution < 1.29 is 19.1 Å². The Morgan fingerprint density at radius 3 is 2.62 bits per heavy atom. The Morgan fingerprint density at radius 2 is 1.92 bits per heavy atom. The Balaban J connectivity index is 1.57. The fourth-order valence-electron chi connectivity index (χ4n) is 4.20. The van der Waals surface area contributed by atoms with Gasteiger partial charge in [0.15, 0.2) is 0 Å². The third-order valence-corrected chi connectivity index (χ3v) is 6.58. The molecule has 1 saturated heterocycles. The van der Waals surface area contributed by atoms with Crippen molar-refractivity contribution in [3.05, 3.63) is 94.5 Å². The van der Waals surface area contributed by atoms with E-state index in [4.69, 9.17) is 16.3 Å². The van der Waals surface area contributed by atoms with Crippen LogP contribution < -0.4 is 10.1 Å². The second-order valence-electron chi connectivity index (χ2n) is 9.61. The molecule has 0 saturated carbocycles. The number of ketones is 1. The molecule has 2 heterocycles. The lowest BCUT2D eigenvalue weighted by molar-refractivity contribution is -0.124. The quantitative estimate of drug-likeness (QED) is 0.236. The van der Waals surface area contributed by atoms with Crippen LogP contribution in [0.5, 0.6) is 5.75 Å². The van der Waals surface area contributed by atoms with Crippen LogP contribution in [-0.2, 0) is 22.4 Å². The summed E-state index contributed by atoms with van der Waals surface area (Å²) in [6.45, 7) is 5.16. The van der Waals surface area contributed by atoms with E-state index in [0.717, 1.165) is 18.7 Å². The highest BCUT2D eigenvalue weighted by Gasteiger charge is 2.26. The zero-order chi connectivity index (χ0) is 28.1. The van der Waals surface area contributed by atoms with Crippen LogP contribution in [0.4, 0.5) is 5.69 Å². The van der Waals surface area contributed by atoms with E-state index < -0.39 is 11.7 Å². The molecule has 1 fully saturated rings.